The Morgan fingerprint density at radius 3 is 2.43 bits per heavy atom. The molecular weight excluding hydrogens is 370 g/mol. The molecular formula is C22H19N3O2S. The number of amides is 2. The Morgan fingerprint density at radius 2 is 1.79 bits per heavy atom. The second-order valence-electron chi connectivity index (χ2n) is 6.75. The number of aromatic nitrogens is 1. The zero-order valence-electron chi connectivity index (χ0n) is 15.6. The molecule has 2 aromatic heterocycles. The van der Waals surface area contributed by atoms with Crippen LogP contribution in [0.5, 0.6) is 0 Å². The molecule has 0 radical (unpaired) electrons. The van der Waals surface area contributed by atoms with Gasteiger partial charge in [0.25, 0.3) is 11.8 Å². The largest absolute Gasteiger partial charge is 0.350 e. The molecule has 1 N–H and O–H groups in total. The molecule has 0 atom stereocenters. The van der Waals surface area contributed by atoms with Crippen LogP contribution in [-0.4, -0.2) is 21.7 Å². The van der Waals surface area contributed by atoms with Crippen molar-refractivity contribution in [3.63, 3.8) is 0 Å². The van der Waals surface area contributed by atoms with Crippen LogP contribution in [0, 0.1) is 13.8 Å². The Hall–Kier alpha value is -3.25. The molecule has 1 aliphatic rings. The molecule has 0 spiro atoms. The monoisotopic (exact) mass is 389 g/mol. The van der Waals surface area contributed by atoms with Crippen LogP contribution in [-0.2, 0) is 16.1 Å². The summed E-state index contributed by atoms with van der Waals surface area (Å²) in [5.41, 5.74) is 4.36. The van der Waals surface area contributed by atoms with E-state index in [9.17, 15) is 9.59 Å². The lowest BCUT2D eigenvalue weighted by molar-refractivity contribution is -0.137. The first-order valence-corrected chi connectivity index (χ1v) is 9.80. The molecule has 3 heterocycles. The van der Waals surface area contributed by atoms with Gasteiger partial charge in [0.15, 0.2) is 0 Å². The summed E-state index contributed by atoms with van der Waals surface area (Å²) in [6, 6.07) is 15.2. The quantitative estimate of drug-likeness (QED) is 0.666. The van der Waals surface area contributed by atoms with Gasteiger partial charge in [0.05, 0.1) is 17.8 Å². The van der Waals surface area contributed by atoms with E-state index in [1.165, 1.54) is 16.2 Å². The second-order valence-corrected chi connectivity index (χ2v) is 7.69. The summed E-state index contributed by atoms with van der Waals surface area (Å²) in [5.74, 6) is -0.636. The maximum atomic E-state index is 13.2. The van der Waals surface area contributed by atoms with Crippen LogP contribution < -0.4 is 5.32 Å². The van der Waals surface area contributed by atoms with E-state index in [2.05, 4.69) is 16.4 Å². The van der Waals surface area contributed by atoms with E-state index in [-0.39, 0.29) is 18.4 Å². The van der Waals surface area contributed by atoms with Crippen molar-refractivity contribution in [2.45, 2.75) is 20.4 Å². The van der Waals surface area contributed by atoms with Gasteiger partial charge < -0.3 is 5.32 Å². The van der Waals surface area contributed by atoms with Crippen molar-refractivity contribution in [1.29, 1.82) is 0 Å². The summed E-state index contributed by atoms with van der Waals surface area (Å²) in [6.45, 7) is 4.15. The predicted octanol–water partition coefficient (Wildman–Crippen LogP) is 4.15. The smallest absolute Gasteiger partial charge is 0.278 e. The standard InChI is InChI=1S/C22H19N3O2S/c1-14-10-15(2)12-17(11-14)24-20-19(18-7-5-9-28-18)21(26)25(22(20)27)13-16-6-3-4-8-23-16/h3-12,24H,13H2,1-2H3. The average Bonchev–Trinajstić information content (AvgIpc) is 3.25. The first-order chi connectivity index (χ1) is 13.5. The molecule has 0 saturated heterocycles. The lowest BCUT2D eigenvalue weighted by Gasteiger charge is -2.15. The Balaban J connectivity index is 1.73. The molecule has 2 amide bonds. The molecule has 3 aromatic rings. The highest BCUT2D eigenvalue weighted by atomic mass is 32.1. The summed E-state index contributed by atoms with van der Waals surface area (Å²) in [7, 11) is 0. The highest BCUT2D eigenvalue weighted by molar-refractivity contribution is 7.11. The molecule has 0 fully saturated rings. The van der Waals surface area contributed by atoms with Gasteiger partial charge in [-0.2, -0.15) is 0 Å². The van der Waals surface area contributed by atoms with Gasteiger partial charge in [-0.25, -0.2) is 0 Å². The molecule has 5 nitrogen and oxygen atoms in total. The van der Waals surface area contributed by atoms with E-state index >= 15 is 0 Å². The van der Waals surface area contributed by atoms with Gasteiger partial charge in [-0.3, -0.25) is 19.5 Å². The molecule has 0 saturated carbocycles. The molecule has 6 heteroatoms. The number of rotatable bonds is 5. The van der Waals surface area contributed by atoms with Crippen molar-refractivity contribution >= 4 is 34.4 Å². The first kappa shape index (κ1) is 18.1. The number of hydrogen-bond acceptors (Lipinski definition) is 5. The normalized spacial score (nSPS) is 14.1. The number of pyridine rings is 1. The number of nitrogens with zero attached hydrogens (tertiary/aromatic N) is 2. The van der Waals surface area contributed by atoms with Gasteiger partial charge in [0, 0.05) is 16.8 Å². The van der Waals surface area contributed by atoms with Crippen molar-refractivity contribution in [2.75, 3.05) is 5.32 Å². The van der Waals surface area contributed by atoms with E-state index in [0.717, 1.165) is 21.7 Å². The Kier molecular flexibility index (Phi) is 4.79. The van der Waals surface area contributed by atoms with Crippen LogP contribution >= 0.6 is 11.3 Å². The molecule has 0 aliphatic carbocycles. The molecule has 1 aliphatic heterocycles. The molecule has 0 bridgehead atoms. The Labute approximate surface area is 167 Å². The fourth-order valence-electron chi connectivity index (χ4n) is 3.33. The van der Waals surface area contributed by atoms with E-state index in [4.69, 9.17) is 0 Å². The van der Waals surface area contributed by atoms with E-state index in [1.54, 1.807) is 18.3 Å². The van der Waals surface area contributed by atoms with Gasteiger partial charge >= 0.3 is 0 Å². The predicted molar refractivity (Wildman–Crippen MR) is 111 cm³/mol. The molecule has 28 heavy (non-hydrogen) atoms. The van der Waals surface area contributed by atoms with Crippen LogP contribution in [0.3, 0.4) is 0 Å². The number of nitrogens with one attached hydrogen (secondary N) is 1. The van der Waals surface area contributed by atoms with E-state index < -0.39 is 0 Å². The number of aryl methyl sites for hydroxylation is 2. The van der Waals surface area contributed by atoms with Crippen molar-refractivity contribution in [3.05, 3.63) is 87.5 Å². The van der Waals surface area contributed by atoms with Crippen LogP contribution in [0.4, 0.5) is 5.69 Å². The summed E-state index contributed by atoms with van der Waals surface area (Å²) in [6.07, 6.45) is 1.66. The zero-order valence-corrected chi connectivity index (χ0v) is 16.4. The highest BCUT2D eigenvalue weighted by Crippen LogP contribution is 2.33. The second kappa shape index (κ2) is 7.40. The number of hydrogen-bond donors (Lipinski definition) is 1. The number of benzene rings is 1. The number of carbonyl (C=O) groups is 2. The number of thiophene rings is 1. The minimum absolute atomic E-state index is 0.144. The minimum Gasteiger partial charge on any atom is -0.350 e. The average molecular weight is 389 g/mol. The summed E-state index contributed by atoms with van der Waals surface area (Å²) in [4.78, 5) is 32.6. The third-order valence-corrected chi connectivity index (χ3v) is 5.36. The summed E-state index contributed by atoms with van der Waals surface area (Å²) >= 11 is 1.44. The molecule has 140 valence electrons. The Morgan fingerprint density at radius 1 is 1.00 bits per heavy atom. The third-order valence-electron chi connectivity index (χ3n) is 4.47. The molecule has 1 aromatic carbocycles. The van der Waals surface area contributed by atoms with Gasteiger partial charge in [-0.1, -0.05) is 18.2 Å². The summed E-state index contributed by atoms with van der Waals surface area (Å²) < 4.78 is 0. The van der Waals surface area contributed by atoms with Crippen LogP contribution in [0.15, 0.2) is 65.8 Å². The van der Waals surface area contributed by atoms with Crippen LogP contribution in [0.2, 0.25) is 0 Å². The topological polar surface area (TPSA) is 62.3 Å². The SMILES string of the molecule is Cc1cc(C)cc(NC2=C(c3cccs3)C(=O)N(Cc3ccccn3)C2=O)c1. The van der Waals surface area contributed by atoms with Gasteiger partial charge in [0.2, 0.25) is 0 Å². The maximum absolute atomic E-state index is 13.2. The minimum atomic E-state index is -0.335. The van der Waals surface area contributed by atoms with Crippen LogP contribution in [0.1, 0.15) is 21.7 Å². The molecule has 4 rings (SSSR count). The van der Waals surface area contributed by atoms with E-state index in [1.807, 2.05) is 49.6 Å². The van der Waals surface area contributed by atoms with Gasteiger partial charge in [0.1, 0.15) is 5.70 Å². The number of anilines is 1. The van der Waals surface area contributed by atoms with Crippen molar-refractivity contribution in [1.82, 2.24) is 9.88 Å². The zero-order chi connectivity index (χ0) is 19.7. The first-order valence-electron chi connectivity index (χ1n) is 8.92. The third kappa shape index (κ3) is 3.46. The fraction of sp³-hybridized carbons (Fsp3) is 0.136. The number of carbonyl (C=O) groups excluding carboxylic acids is 2. The lowest BCUT2D eigenvalue weighted by Crippen LogP contribution is -2.32. The highest BCUT2D eigenvalue weighted by Gasteiger charge is 2.39. The van der Waals surface area contributed by atoms with Gasteiger partial charge in [-0.15, -0.1) is 11.3 Å². The van der Waals surface area contributed by atoms with Crippen molar-refractivity contribution in [2.24, 2.45) is 0 Å². The summed E-state index contributed by atoms with van der Waals surface area (Å²) in [5, 5.41) is 5.11. The Bertz CT molecular complexity index is 1050. The van der Waals surface area contributed by atoms with Crippen molar-refractivity contribution < 1.29 is 9.59 Å². The lowest BCUT2D eigenvalue weighted by atomic mass is 10.1. The van der Waals surface area contributed by atoms with E-state index in [0.29, 0.717) is 17.0 Å². The maximum Gasteiger partial charge on any atom is 0.278 e. The number of imide groups is 1. The fourth-order valence-corrected chi connectivity index (χ4v) is 4.10. The van der Waals surface area contributed by atoms with Crippen LogP contribution in [0.25, 0.3) is 5.57 Å². The van der Waals surface area contributed by atoms with Crippen molar-refractivity contribution in [3.8, 4) is 0 Å². The molecule has 0 unspecified atom stereocenters. The van der Waals surface area contributed by atoms with Gasteiger partial charge in [-0.05, 0) is 60.7 Å².